The maximum atomic E-state index is 13.2. The maximum absolute atomic E-state index is 13.2. The van der Waals surface area contributed by atoms with Gasteiger partial charge >= 0.3 is 0 Å². The zero-order chi connectivity index (χ0) is 24.3. The molecule has 0 saturated carbocycles. The molecule has 4 rings (SSSR count). The zero-order valence-corrected chi connectivity index (χ0v) is 19.5. The normalized spacial score (nSPS) is 15.0. The van der Waals surface area contributed by atoms with Crippen LogP contribution in [0.3, 0.4) is 0 Å². The number of para-hydroxylation sites is 1. The summed E-state index contributed by atoms with van der Waals surface area (Å²) in [5, 5.41) is 20.1. The maximum Gasteiger partial charge on any atom is 0.270 e. The van der Waals surface area contributed by atoms with Gasteiger partial charge in [-0.2, -0.15) is 14.5 Å². The number of anilines is 1. The molecule has 0 atom stereocenters. The number of nitrogens with zero attached hydrogens (tertiary/aromatic N) is 5. The molecule has 12 heteroatoms. The van der Waals surface area contributed by atoms with Crippen molar-refractivity contribution in [2.75, 3.05) is 31.7 Å². The number of rotatable bonds is 7. The van der Waals surface area contributed by atoms with E-state index in [-0.39, 0.29) is 42.6 Å². The topological polar surface area (TPSA) is 132 Å². The molecule has 0 spiro atoms. The molecule has 0 amide bonds. The number of aromatic nitrogens is 2. The van der Waals surface area contributed by atoms with E-state index in [4.69, 9.17) is 4.74 Å². The second-order valence-electron chi connectivity index (χ2n) is 7.66. The first-order chi connectivity index (χ1) is 16.3. The Morgan fingerprint density at radius 2 is 1.85 bits per heavy atom. The molecule has 0 unspecified atom stereocenters. The van der Waals surface area contributed by atoms with Crippen molar-refractivity contribution in [3.63, 3.8) is 0 Å². The van der Waals surface area contributed by atoms with E-state index in [1.807, 2.05) is 44.2 Å². The van der Waals surface area contributed by atoms with Gasteiger partial charge in [0.05, 0.1) is 47.1 Å². The Balaban J connectivity index is 1.65. The van der Waals surface area contributed by atoms with Crippen LogP contribution in [0, 0.1) is 24.0 Å². The third-order valence-corrected chi connectivity index (χ3v) is 7.43. The smallest absolute Gasteiger partial charge is 0.270 e. The highest BCUT2D eigenvalue weighted by Gasteiger charge is 2.30. The summed E-state index contributed by atoms with van der Waals surface area (Å²) >= 11 is 0. The lowest BCUT2D eigenvalue weighted by Crippen LogP contribution is -2.40. The van der Waals surface area contributed by atoms with Gasteiger partial charge in [0.1, 0.15) is 4.90 Å². The van der Waals surface area contributed by atoms with Crippen molar-refractivity contribution in [2.24, 2.45) is 5.10 Å². The van der Waals surface area contributed by atoms with Gasteiger partial charge in [0.2, 0.25) is 10.0 Å². The fraction of sp³-hybridized carbons (Fsp3) is 0.273. The van der Waals surface area contributed by atoms with Gasteiger partial charge in [-0.05, 0) is 32.0 Å². The van der Waals surface area contributed by atoms with Crippen molar-refractivity contribution in [1.82, 2.24) is 14.1 Å². The molecule has 34 heavy (non-hydrogen) atoms. The minimum atomic E-state index is -4.00. The standard InChI is InChI=1S/C22H24N6O5S/c1-16-20(17(2)27(25-16)18-6-4-3-5-7-18)15-23-24-21-9-8-19(28(29)30)14-22(21)34(31,32)26-10-12-33-13-11-26/h3-9,14-15,24H,10-13H2,1-2H3/b23-15-. The van der Waals surface area contributed by atoms with E-state index in [0.717, 1.165) is 28.7 Å². The Hall–Kier alpha value is -3.61. The van der Waals surface area contributed by atoms with E-state index in [2.05, 4.69) is 15.6 Å². The first kappa shape index (κ1) is 23.5. The molecule has 0 radical (unpaired) electrons. The number of benzene rings is 2. The molecule has 1 fully saturated rings. The van der Waals surface area contributed by atoms with E-state index in [0.29, 0.717) is 0 Å². The summed E-state index contributed by atoms with van der Waals surface area (Å²) < 4.78 is 34.7. The van der Waals surface area contributed by atoms with Gasteiger partial charge in [0.15, 0.2) is 0 Å². The highest BCUT2D eigenvalue weighted by atomic mass is 32.2. The van der Waals surface area contributed by atoms with Crippen LogP contribution in [0.15, 0.2) is 58.5 Å². The first-order valence-corrected chi connectivity index (χ1v) is 12.0. The van der Waals surface area contributed by atoms with Gasteiger partial charge in [0, 0.05) is 30.8 Å². The summed E-state index contributed by atoms with van der Waals surface area (Å²) in [6, 6.07) is 13.3. The number of hydrogen-bond donors (Lipinski definition) is 1. The molecule has 0 aliphatic carbocycles. The molecule has 1 aliphatic rings. The van der Waals surface area contributed by atoms with Crippen molar-refractivity contribution in [1.29, 1.82) is 0 Å². The third-order valence-electron chi connectivity index (χ3n) is 5.49. The Labute approximate surface area is 196 Å². The number of hydrogen-bond acceptors (Lipinski definition) is 8. The van der Waals surface area contributed by atoms with E-state index < -0.39 is 14.9 Å². The summed E-state index contributed by atoms with van der Waals surface area (Å²) in [6.07, 6.45) is 1.56. The van der Waals surface area contributed by atoms with Crippen LogP contribution in [0.1, 0.15) is 17.0 Å². The molecule has 178 valence electrons. The van der Waals surface area contributed by atoms with Crippen LogP contribution in [-0.4, -0.2) is 59.9 Å². The fourth-order valence-corrected chi connectivity index (χ4v) is 5.25. The van der Waals surface area contributed by atoms with Gasteiger partial charge in [-0.15, -0.1) is 0 Å². The van der Waals surface area contributed by atoms with Crippen LogP contribution in [0.25, 0.3) is 5.69 Å². The number of nitro groups is 1. The summed E-state index contributed by atoms with van der Waals surface area (Å²) in [5.41, 5.74) is 5.85. The number of nitrogens with one attached hydrogen (secondary N) is 1. The van der Waals surface area contributed by atoms with Gasteiger partial charge in [-0.3, -0.25) is 15.5 Å². The number of morpholine rings is 1. The summed E-state index contributed by atoms with van der Waals surface area (Å²) in [6.45, 7) is 4.64. The van der Waals surface area contributed by atoms with Crippen LogP contribution in [0.4, 0.5) is 11.4 Å². The number of non-ortho nitro benzene ring substituents is 1. The minimum Gasteiger partial charge on any atom is -0.379 e. The molecule has 0 bridgehead atoms. The Kier molecular flexibility index (Phi) is 6.72. The van der Waals surface area contributed by atoms with E-state index in [9.17, 15) is 18.5 Å². The molecule has 11 nitrogen and oxygen atoms in total. The van der Waals surface area contributed by atoms with Gasteiger partial charge in [-0.1, -0.05) is 18.2 Å². The average molecular weight is 485 g/mol. The first-order valence-electron chi connectivity index (χ1n) is 10.6. The highest BCUT2D eigenvalue weighted by molar-refractivity contribution is 7.89. The van der Waals surface area contributed by atoms with Crippen molar-refractivity contribution in [3.8, 4) is 5.69 Å². The van der Waals surface area contributed by atoms with Gasteiger partial charge in [0.25, 0.3) is 5.69 Å². The molecule has 1 aliphatic heterocycles. The average Bonchev–Trinajstić information content (AvgIpc) is 3.13. The number of ether oxygens (including phenoxy) is 1. The SMILES string of the molecule is Cc1nn(-c2ccccc2)c(C)c1/C=N\Nc1ccc([N+](=O)[O-])cc1S(=O)(=O)N1CCOCC1. The lowest BCUT2D eigenvalue weighted by molar-refractivity contribution is -0.385. The second-order valence-corrected chi connectivity index (χ2v) is 9.56. The molecular weight excluding hydrogens is 460 g/mol. The third kappa shape index (κ3) is 4.69. The van der Waals surface area contributed by atoms with Gasteiger partial charge < -0.3 is 4.74 Å². The van der Waals surface area contributed by atoms with Crippen molar-refractivity contribution >= 4 is 27.6 Å². The predicted octanol–water partition coefficient (Wildman–Crippen LogP) is 2.86. The largest absolute Gasteiger partial charge is 0.379 e. The summed E-state index contributed by atoms with van der Waals surface area (Å²) in [7, 11) is -4.00. The second kappa shape index (κ2) is 9.71. The van der Waals surface area contributed by atoms with Crippen molar-refractivity contribution in [2.45, 2.75) is 18.7 Å². The van der Waals surface area contributed by atoms with E-state index in [1.54, 1.807) is 10.9 Å². The van der Waals surface area contributed by atoms with E-state index in [1.165, 1.54) is 16.4 Å². The number of hydrazone groups is 1. The zero-order valence-electron chi connectivity index (χ0n) is 18.7. The van der Waals surface area contributed by atoms with Crippen molar-refractivity contribution in [3.05, 3.63) is 75.6 Å². The van der Waals surface area contributed by atoms with Crippen LogP contribution < -0.4 is 5.43 Å². The van der Waals surface area contributed by atoms with Crippen molar-refractivity contribution < 1.29 is 18.1 Å². The molecule has 1 N–H and O–H groups in total. The number of aryl methyl sites for hydroxylation is 1. The highest BCUT2D eigenvalue weighted by Crippen LogP contribution is 2.29. The predicted molar refractivity (Wildman–Crippen MR) is 127 cm³/mol. The van der Waals surface area contributed by atoms with Crippen LogP contribution in [0.2, 0.25) is 0 Å². The quantitative estimate of drug-likeness (QED) is 0.310. The van der Waals surface area contributed by atoms with Gasteiger partial charge in [-0.25, -0.2) is 13.1 Å². The molecule has 3 aromatic rings. The fourth-order valence-electron chi connectivity index (χ4n) is 3.68. The lowest BCUT2D eigenvalue weighted by atomic mass is 10.2. The van der Waals surface area contributed by atoms with E-state index >= 15 is 0 Å². The molecule has 2 aromatic carbocycles. The lowest BCUT2D eigenvalue weighted by Gasteiger charge is -2.26. The minimum absolute atomic E-state index is 0.138. The van der Waals surface area contributed by atoms with Crippen LogP contribution in [0.5, 0.6) is 0 Å². The molecule has 1 aromatic heterocycles. The van der Waals surface area contributed by atoms with Crippen LogP contribution in [-0.2, 0) is 14.8 Å². The number of nitro benzene ring substituents is 1. The van der Waals surface area contributed by atoms with Crippen LogP contribution >= 0.6 is 0 Å². The summed E-state index contributed by atoms with van der Waals surface area (Å²) in [4.78, 5) is 10.4. The molecule has 1 saturated heterocycles. The Bertz CT molecular complexity index is 1330. The Morgan fingerprint density at radius 3 is 2.53 bits per heavy atom. The monoisotopic (exact) mass is 484 g/mol. The number of sulfonamides is 1. The molecule has 2 heterocycles. The molecular formula is C22H24N6O5S. The summed E-state index contributed by atoms with van der Waals surface area (Å²) in [5.74, 6) is 0. The Morgan fingerprint density at radius 1 is 1.15 bits per heavy atom.